The highest BCUT2D eigenvalue weighted by atomic mass is 35.5. The maximum atomic E-state index is 12.6. The van der Waals surface area contributed by atoms with E-state index >= 15 is 0 Å². The minimum absolute atomic E-state index is 0.165. The van der Waals surface area contributed by atoms with Crippen LogP contribution in [0, 0.1) is 0 Å². The average molecular weight is 438 g/mol. The maximum Gasteiger partial charge on any atom is 0.261 e. The number of fused-ring (bicyclic) bond motifs is 1. The van der Waals surface area contributed by atoms with Crippen molar-refractivity contribution in [2.75, 3.05) is 0 Å². The number of nitrogens with one attached hydrogen (secondary N) is 1. The smallest absolute Gasteiger partial charge is 0.261 e. The molecule has 5 aromatic rings. The van der Waals surface area contributed by atoms with E-state index < -0.39 is 0 Å². The van der Waals surface area contributed by atoms with Crippen molar-refractivity contribution in [1.29, 1.82) is 0 Å². The van der Waals surface area contributed by atoms with Crippen LogP contribution in [0.15, 0.2) is 72.2 Å². The highest BCUT2D eigenvalue weighted by Gasteiger charge is 2.16. The molecular weight excluding hydrogens is 422 g/mol. The maximum absolute atomic E-state index is 12.6. The van der Waals surface area contributed by atoms with E-state index in [4.69, 9.17) is 16.0 Å². The largest absolute Gasteiger partial charge is 0.472 e. The van der Waals surface area contributed by atoms with E-state index in [9.17, 15) is 4.79 Å². The molecule has 9 heteroatoms. The Balaban J connectivity index is 1.28. The number of hydrogen-bond acceptors (Lipinski definition) is 5. The van der Waals surface area contributed by atoms with Gasteiger partial charge in [-0.05, 0) is 29.8 Å². The number of nitrogens with zero attached hydrogens (tertiary/aromatic N) is 4. The molecule has 5 rings (SSSR count). The lowest BCUT2D eigenvalue weighted by Crippen LogP contribution is -2.21. The highest BCUT2D eigenvalue weighted by molar-refractivity contribution is 7.18. The molecule has 0 saturated heterocycles. The van der Waals surface area contributed by atoms with Gasteiger partial charge in [0.1, 0.15) is 5.65 Å². The Morgan fingerprint density at radius 2 is 2.17 bits per heavy atom. The fourth-order valence-electron chi connectivity index (χ4n) is 3.15. The van der Waals surface area contributed by atoms with E-state index in [2.05, 4.69) is 15.4 Å². The molecule has 5 aromatic heterocycles. The predicted octanol–water partition coefficient (Wildman–Crippen LogP) is 4.48. The summed E-state index contributed by atoms with van der Waals surface area (Å²) in [6, 6.07) is 7.49. The van der Waals surface area contributed by atoms with Crippen LogP contribution in [0.3, 0.4) is 0 Å². The summed E-state index contributed by atoms with van der Waals surface area (Å²) in [5.41, 5.74) is 3.72. The second kappa shape index (κ2) is 7.81. The molecule has 1 N–H and O–H groups in total. The second-order valence-electron chi connectivity index (χ2n) is 6.76. The van der Waals surface area contributed by atoms with Gasteiger partial charge in [-0.3, -0.25) is 9.48 Å². The molecule has 0 aliphatic carbocycles. The SMILES string of the molecule is O=C(NCc1ccn2ccnc2c1)c1cc(Cl)c(-c2cnn(Cc3ccoc3)c2)s1. The zero-order valence-electron chi connectivity index (χ0n) is 15.7. The molecule has 0 fully saturated rings. The topological polar surface area (TPSA) is 77.4 Å². The number of carbonyl (C=O) groups is 1. The molecule has 30 heavy (non-hydrogen) atoms. The number of hydrogen-bond donors (Lipinski definition) is 1. The molecule has 0 aromatic carbocycles. The minimum atomic E-state index is -0.165. The van der Waals surface area contributed by atoms with Crippen LogP contribution in [0.1, 0.15) is 20.8 Å². The Labute approximate surface area is 180 Å². The first-order valence-corrected chi connectivity index (χ1v) is 10.4. The van der Waals surface area contributed by atoms with Crippen molar-refractivity contribution >= 4 is 34.5 Å². The van der Waals surface area contributed by atoms with Crippen LogP contribution in [0.5, 0.6) is 0 Å². The summed E-state index contributed by atoms with van der Waals surface area (Å²) in [4.78, 5) is 18.3. The Morgan fingerprint density at radius 1 is 1.23 bits per heavy atom. The van der Waals surface area contributed by atoms with Gasteiger partial charge in [-0.25, -0.2) is 4.98 Å². The van der Waals surface area contributed by atoms with Gasteiger partial charge in [0.05, 0.1) is 40.0 Å². The second-order valence-corrected chi connectivity index (χ2v) is 8.22. The van der Waals surface area contributed by atoms with Crippen molar-refractivity contribution < 1.29 is 9.21 Å². The quantitative estimate of drug-likeness (QED) is 0.424. The number of carbonyl (C=O) groups excluding carboxylic acids is 1. The fourth-order valence-corrected chi connectivity index (χ4v) is 4.49. The van der Waals surface area contributed by atoms with E-state index in [1.54, 1.807) is 31.0 Å². The molecule has 1 amide bonds. The molecule has 0 aliphatic rings. The third-order valence-corrected chi connectivity index (χ3v) is 6.24. The molecule has 0 spiro atoms. The van der Waals surface area contributed by atoms with Gasteiger partial charge in [0.15, 0.2) is 0 Å². The molecule has 150 valence electrons. The first kappa shape index (κ1) is 18.7. The number of pyridine rings is 1. The summed E-state index contributed by atoms with van der Waals surface area (Å²) in [5, 5.41) is 7.85. The Morgan fingerprint density at radius 3 is 3.03 bits per heavy atom. The van der Waals surface area contributed by atoms with E-state index in [-0.39, 0.29) is 5.91 Å². The average Bonchev–Trinajstić information content (AvgIpc) is 3.53. The molecule has 0 saturated carbocycles. The highest BCUT2D eigenvalue weighted by Crippen LogP contribution is 2.36. The number of thiophene rings is 1. The number of rotatable bonds is 6. The van der Waals surface area contributed by atoms with Crippen molar-refractivity contribution in [2.24, 2.45) is 0 Å². The van der Waals surface area contributed by atoms with E-state index in [0.29, 0.717) is 23.0 Å². The molecule has 7 nitrogen and oxygen atoms in total. The molecule has 0 aliphatic heterocycles. The van der Waals surface area contributed by atoms with Gasteiger partial charge in [0, 0.05) is 42.5 Å². The summed E-state index contributed by atoms with van der Waals surface area (Å²) in [6.07, 6.45) is 12.5. The molecule has 0 radical (unpaired) electrons. The van der Waals surface area contributed by atoms with Gasteiger partial charge < -0.3 is 14.1 Å². The van der Waals surface area contributed by atoms with Crippen molar-refractivity contribution in [3.63, 3.8) is 0 Å². The number of amides is 1. The first-order chi connectivity index (χ1) is 14.7. The van der Waals surface area contributed by atoms with Crippen molar-refractivity contribution in [3.05, 3.63) is 88.8 Å². The third kappa shape index (κ3) is 3.74. The van der Waals surface area contributed by atoms with Crippen LogP contribution in [0.2, 0.25) is 5.02 Å². The van der Waals surface area contributed by atoms with Gasteiger partial charge in [-0.1, -0.05) is 11.6 Å². The molecule has 0 atom stereocenters. The van der Waals surface area contributed by atoms with Gasteiger partial charge in [0.2, 0.25) is 0 Å². The number of aromatic nitrogens is 4. The van der Waals surface area contributed by atoms with Gasteiger partial charge in [-0.2, -0.15) is 5.10 Å². The Bertz CT molecular complexity index is 1320. The third-order valence-electron chi connectivity index (χ3n) is 4.65. The number of halogens is 1. The lowest BCUT2D eigenvalue weighted by atomic mass is 10.2. The standard InChI is InChI=1S/C21H16ClN5O2S/c22-17-8-18(21(28)24-9-14-1-4-26-5-3-23-19(26)7-14)30-20(17)16-10-25-27(12-16)11-15-2-6-29-13-15/h1-8,10,12-13H,9,11H2,(H,24,28). The zero-order valence-corrected chi connectivity index (χ0v) is 17.2. The van der Waals surface area contributed by atoms with Crippen LogP contribution in [-0.2, 0) is 13.1 Å². The van der Waals surface area contributed by atoms with Gasteiger partial charge >= 0.3 is 0 Å². The van der Waals surface area contributed by atoms with Crippen molar-refractivity contribution in [3.8, 4) is 10.4 Å². The zero-order chi connectivity index (χ0) is 20.5. The van der Waals surface area contributed by atoms with Crippen molar-refractivity contribution in [1.82, 2.24) is 24.5 Å². The van der Waals surface area contributed by atoms with Crippen LogP contribution in [0.25, 0.3) is 16.1 Å². The molecular formula is C21H16ClN5O2S. The lowest BCUT2D eigenvalue weighted by molar-refractivity contribution is 0.0955. The number of imidazole rings is 1. The molecule has 5 heterocycles. The fraction of sp³-hybridized carbons (Fsp3) is 0.0952. The summed E-state index contributed by atoms with van der Waals surface area (Å²) < 4.78 is 8.82. The van der Waals surface area contributed by atoms with E-state index in [1.807, 2.05) is 45.9 Å². The summed E-state index contributed by atoms with van der Waals surface area (Å²) in [5.74, 6) is -0.165. The van der Waals surface area contributed by atoms with Crippen LogP contribution in [0.4, 0.5) is 0 Å². The summed E-state index contributed by atoms with van der Waals surface area (Å²) in [7, 11) is 0. The lowest BCUT2D eigenvalue weighted by Gasteiger charge is -2.04. The minimum Gasteiger partial charge on any atom is -0.472 e. The monoisotopic (exact) mass is 437 g/mol. The van der Waals surface area contributed by atoms with Gasteiger partial charge in [0.25, 0.3) is 5.91 Å². The van der Waals surface area contributed by atoms with Crippen LogP contribution < -0.4 is 5.32 Å². The van der Waals surface area contributed by atoms with Gasteiger partial charge in [-0.15, -0.1) is 11.3 Å². The summed E-state index contributed by atoms with van der Waals surface area (Å²) in [6.45, 7) is 1.02. The van der Waals surface area contributed by atoms with Crippen LogP contribution in [-0.4, -0.2) is 25.1 Å². The Hall–Kier alpha value is -3.36. The Kier molecular flexibility index (Phi) is 4.86. The molecule has 0 bridgehead atoms. The van der Waals surface area contributed by atoms with E-state index in [1.165, 1.54) is 11.3 Å². The normalized spacial score (nSPS) is 11.2. The number of furan rings is 1. The van der Waals surface area contributed by atoms with Crippen LogP contribution >= 0.6 is 22.9 Å². The first-order valence-electron chi connectivity index (χ1n) is 9.19. The molecule has 0 unspecified atom stereocenters. The van der Waals surface area contributed by atoms with Crippen molar-refractivity contribution in [2.45, 2.75) is 13.1 Å². The van der Waals surface area contributed by atoms with E-state index in [0.717, 1.165) is 27.2 Å². The summed E-state index contributed by atoms with van der Waals surface area (Å²) >= 11 is 7.76. The predicted molar refractivity (Wildman–Crippen MR) is 115 cm³/mol.